The van der Waals surface area contributed by atoms with Crippen LogP contribution >= 0.6 is 0 Å². The summed E-state index contributed by atoms with van der Waals surface area (Å²) in [5, 5.41) is 2.66. The number of benzene rings is 2. The lowest BCUT2D eigenvalue weighted by Crippen LogP contribution is -2.40. The van der Waals surface area contributed by atoms with Crippen LogP contribution in [-0.2, 0) is 17.6 Å². The van der Waals surface area contributed by atoms with Gasteiger partial charge in [0.15, 0.2) is 0 Å². The quantitative estimate of drug-likeness (QED) is 0.683. The fourth-order valence-electron chi connectivity index (χ4n) is 3.83. The van der Waals surface area contributed by atoms with Gasteiger partial charge in [-0.25, -0.2) is 0 Å². The summed E-state index contributed by atoms with van der Waals surface area (Å²) in [7, 11) is 0. The summed E-state index contributed by atoms with van der Waals surface area (Å²) in [6.07, 6.45) is 1.65. The van der Waals surface area contributed by atoms with Crippen LogP contribution in [0.2, 0.25) is 0 Å². The normalized spacial score (nSPS) is 20.5. The second-order valence-corrected chi connectivity index (χ2v) is 7.38. The maximum absolute atomic E-state index is 12.9. The van der Waals surface area contributed by atoms with Crippen molar-refractivity contribution in [2.75, 3.05) is 0 Å². The Morgan fingerprint density at radius 3 is 1.70 bits per heavy atom. The Morgan fingerprint density at radius 2 is 1.25 bits per heavy atom. The number of carbonyl (C=O) groups is 1. The van der Waals surface area contributed by atoms with Gasteiger partial charge in [-0.3, -0.25) is 4.79 Å². The van der Waals surface area contributed by atoms with Gasteiger partial charge in [0, 0.05) is 10.8 Å². The summed E-state index contributed by atoms with van der Waals surface area (Å²) in [4.78, 5) is 12.9. The zero-order valence-corrected chi connectivity index (χ0v) is 12.8. The topological polar surface area (TPSA) is 17.1 Å². The number of ketones is 1. The molecule has 2 aromatic rings. The van der Waals surface area contributed by atoms with Gasteiger partial charge in [0.05, 0.1) is 0 Å². The van der Waals surface area contributed by atoms with Crippen LogP contribution in [0.5, 0.6) is 0 Å². The van der Waals surface area contributed by atoms with Crippen molar-refractivity contribution in [2.45, 2.75) is 40.5 Å². The smallest absolute Gasteiger partial charge is 0.144 e. The molecule has 0 radical (unpaired) electrons. The van der Waals surface area contributed by atoms with Crippen molar-refractivity contribution in [2.24, 2.45) is 10.8 Å². The van der Waals surface area contributed by atoms with Crippen LogP contribution < -0.4 is 0 Å². The lowest BCUT2D eigenvalue weighted by Gasteiger charge is -2.36. The zero-order valence-electron chi connectivity index (χ0n) is 12.8. The molecule has 0 heterocycles. The Balaban J connectivity index is 2.33. The Morgan fingerprint density at radius 1 is 0.800 bits per heavy atom. The Labute approximate surface area is 121 Å². The molecule has 0 bridgehead atoms. The van der Waals surface area contributed by atoms with E-state index in [1.807, 2.05) is 0 Å². The van der Waals surface area contributed by atoms with E-state index in [0.717, 1.165) is 12.8 Å². The summed E-state index contributed by atoms with van der Waals surface area (Å²) in [5.74, 6) is 0.372. The highest BCUT2D eigenvalue weighted by Crippen LogP contribution is 2.40. The summed E-state index contributed by atoms with van der Waals surface area (Å²) in [6.45, 7) is 8.35. The average Bonchev–Trinajstić information content (AvgIpc) is 2.36. The van der Waals surface area contributed by atoms with Gasteiger partial charge in [0.2, 0.25) is 0 Å². The molecule has 0 unspecified atom stereocenters. The fourth-order valence-corrected chi connectivity index (χ4v) is 3.83. The van der Waals surface area contributed by atoms with Gasteiger partial charge in [-0.1, -0.05) is 64.1 Å². The highest BCUT2D eigenvalue weighted by molar-refractivity contribution is 5.95. The van der Waals surface area contributed by atoms with Gasteiger partial charge in [-0.05, 0) is 34.7 Å². The maximum Gasteiger partial charge on any atom is 0.144 e. The number of hydrogen-bond donors (Lipinski definition) is 0. The molecule has 1 aliphatic carbocycles. The molecule has 0 saturated carbocycles. The monoisotopic (exact) mass is 266 g/mol. The molecule has 0 aliphatic heterocycles. The molecule has 1 aliphatic rings. The van der Waals surface area contributed by atoms with Gasteiger partial charge < -0.3 is 0 Å². The van der Waals surface area contributed by atoms with Crippen LogP contribution in [0.3, 0.4) is 0 Å². The number of carbonyl (C=O) groups excluding carboxylic acids is 1. The molecule has 0 saturated heterocycles. The first-order chi connectivity index (χ1) is 9.31. The van der Waals surface area contributed by atoms with Crippen molar-refractivity contribution in [1.29, 1.82) is 0 Å². The van der Waals surface area contributed by atoms with E-state index in [0.29, 0.717) is 5.78 Å². The van der Waals surface area contributed by atoms with E-state index in [4.69, 9.17) is 0 Å². The second-order valence-electron chi connectivity index (χ2n) is 7.38. The molecule has 1 nitrogen and oxygen atoms in total. The molecular weight excluding hydrogens is 244 g/mol. The predicted molar refractivity (Wildman–Crippen MR) is 83.9 cm³/mol. The molecule has 2 aromatic carbocycles. The first-order valence-corrected chi connectivity index (χ1v) is 7.36. The summed E-state index contributed by atoms with van der Waals surface area (Å²) in [5.41, 5.74) is 2.02. The fraction of sp³-hybridized carbons (Fsp3) is 0.421. The SMILES string of the molecule is CC1(C)Cc2cccc3cccc(c23)CC(C)(C)C1=O. The lowest BCUT2D eigenvalue weighted by molar-refractivity contribution is -0.135. The molecule has 0 aromatic heterocycles. The van der Waals surface area contributed by atoms with Crippen molar-refractivity contribution in [3.8, 4) is 0 Å². The largest absolute Gasteiger partial charge is 0.298 e. The first kappa shape index (κ1) is 13.4. The van der Waals surface area contributed by atoms with E-state index >= 15 is 0 Å². The molecule has 20 heavy (non-hydrogen) atoms. The minimum Gasteiger partial charge on any atom is -0.298 e. The molecular formula is C19H22O. The molecule has 0 N–H and O–H groups in total. The summed E-state index contributed by atoms with van der Waals surface area (Å²) in [6, 6.07) is 12.9. The minimum atomic E-state index is -0.300. The summed E-state index contributed by atoms with van der Waals surface area (Å²) < 4.78 is 0. The van der Waals surface area contributed by atoms with Crippen LogP contribution in [0, 0.1) is 10.8 Å². The van der Waals surface area contributed by atoms with Gasteiger partial charge in [0.25, 0.3) is 0 Å². The zero-order chi connectivity index (χ0) is 14.5. The van der Waals surface area contributed by atoms with Crippen molar-refractivity contribution in [3.63, 3.8) is 0 Å². The summed E-state index contributed by atoms with van der Waals surface area (Å²) >= 11 is 0. The van der Waals surface area contributed by atoms with E-state index < -0.39 is 0 Å². The molecule has 3 rings (SSSR count). The van der Waals surface area contributed by atoms with Crippen molar-refractivity contribution < 1.29 is 4.79 Å². The van der Waals surface area contributed by atoms with Gasteiger partial charge in [-0.15, -0.1) is 0 Å². The van der Waals surface area contributed by atoms with Crippen LogP contribution in [0.1, 0.15) is 38.8 Å². The van der Waals surface area contributed by atoms with E-state index in [-0.39, 0.29) is 10.8 Å². The van der Waals surface area contributed by atoms with E-state index in [1.165, 1.54) is 21.9 Å². The Bertz CT molecular complexity index is 637. The molecule has 0 atom stereocenters. The third-order valence-electron chi connectivity index (χ3n) is 4.57. The maximum atomic E-state index is 12.9. The van der Waals surface area contributed by atoms with Crippen LogP contribution in [0.15, 0.2) is 36.4 Å². The van der Waals surface area contributed by atoms with Crippen LogP contribution in [0.25, 0.3) is 10.8 Å². The molecule has 1 heteroatoms. The number of Topliss-reactive ketones (excluding diaryl/α,β-unsaturated/α-hetero) is 1. The second kappa shape index (κ2) is 4.18. The van der Waals surface area contributed by atoms with Gasteiger partial charge in [-0.2, -0.15) is 0 Å². The van der Waals surface area contributed by atoms with Gasteiger partial charge >= 0.3 is 0 Å². The van der Waals surface area contributed by atoms with E-state index in [1.54, 1.807) is 0 Å². The third-order valence-corrected chi connectivity index (χ3v) is 4.57. The Hall–Kier alpha value is -1.63. The first-order valence-electron chi connectivity index (χ1n) is 7.36. The molecule has 0 spiro atoms. The standard InChI is InChI=1S/C19H22O/c1-18(2)11-14-9-5-7-13-8-6-10-15(16(13)14)12-19(3,4)17(18)20/h5-10H,11-12H2,1-4H3. The van der Waals surface area contributed by atoms with E-state index in [2.05, 4.69) is 64.1 Å². The predicted octanol–water partition coefficient (Wildman–Crippen LogP) is 4.56. The molecule has 104 valence electrons. The Kier molecular flexibility index (Phi) is 2.79. The van der Waals surface area contributed by atoms with E-state index in [9.17, 15) is 4.79 Å². The van der Waals surface area contributed by atoms with Crippen molar-refractivity contribution >= 4 is 16.6 Å². The third kappa shape index (κ3) is 1.96. The highest BCUT2D eigenvalue weighted by atomic mass is 16.1. The van der Waals surface area contributed by atoms with Crippen LogP contribution in [-0.4, -0.2) is 5.78 Å². The van der Waals surface area contributed by atoms with Gasteiger partial charge in [0.1, 0.15) is 5.78 Å². The van der Waals surface area contributed by atoms with Crippen molar-refractivity contribution in [3.05, 3.63) is 47.5 Å². The average molecular weight is 266 g/mol. The highest BCUT2D eigenvalue weighted by Gasteiger charge is 2.41. The molecule has 0 fully saturated rings. The minimum absolute atomic E-state index is 0.300. The van der Waals surface area contributed by atoms with Crippen molar-refractivity contribution in [1.82, 2.24) is 0 Å². The number of rotatable bonds is 0. The number of hydrogen-bond acceptors (Lipinski definition) is 1. The van der Waals surface area contributed by atoms with Crippen LogP contribution in [0.4, 0.5) is 0 Å². The lowest BCUT2D eigenvalue weighted by atomic mass is 9.66. The molecule has 0 amide bonds.